The maximum Gasteiger partial charge on any atom is 0.262 e. The normalized spacial score (nSPS) is 10.2. The molecule has 0 aliphatic carbocycles. The molecule has 0 aromatic heterocycles. The molecule has 2 aromatic rings. The van der Waals surface area contributed by atoms with Gasteiger partial charge in [0.1, 0.15) is 11.6 Å². The lowest BCUT2D eigenvalue weighted by molar-refractivity contribution is -0.118. The van der Waals surface area contributed by atoms with E-state index < -0.39 is 11.7 Å². The van der Waals surface area contributed by atoms with Crippen LogP contribution in [0.4, 0.5) is 10.1 Å². The number of benzene rings is 2. The second-order valence-corrected chi connectivity index (χ2v) is 5.65. The highest BCUT2D eigenvalue weighted by Crippen LogP contribution is 2.21. The Balaban J connectivity index is 1.92. The summed E-state index contributed by atoms with van der Waals surface area (Å²) in [5.74, 6) is -0.875. The molecule has 5 nitrogen and oxygen atoms in total. The quantitative estimate of drug-likeness (QED) is 0.788. The maximum atomic E-state index is 13.0. The summed E-state index contributed by atoms with van der Waals surface area (Å²) in [4.78, 5) is 23.8. The van der Waals surface area contributed by atoms with Gasteiger partial charge in [0.05, 0.1) is 10.6 Å². The van der Waals surface area contributed by atoms with Gasteiger partial charge in [-0.3, -0.25) is 9.59 Å². The topological polar surface area (TPSA) is 67.4 Å². The van der Waals surface area contributed by atoms with Crippen LogP contribution in [0.1, 0.15) is 23.7 Å². The Morgan fingerprint density at radius 1 is 1.20 bits per heavy atom. The molecule has 2 rings (SSSR count). The van der Waals surface area contributed by atoms with E-state index in [-0.39, 0.29) is 23.3 Å². The number of carbonyl (C=O) groups is 2. The van der Waals surface area contributed by atoms with Crippen LogP contribution in [0.15, 0.2) is 42.5 Å². The third kappa shape index (κ3) is 5.76. The summed E-state index contributed by atoms with van der Waals surface area (Å²) in [7, 11) is 0. The van der Waals surface area contributed by atoms with Crippen LogP contribution in [0.3, 0.4) is 0 Å². The van der Waals surface area contributed by atoms with Gasteiger partial charge in [-0.15, -0.1) is 0 Å². The second kappa shape index (κ2) is 9.03. The molecule has 7 heteroatoms. The van der Waals surface area contributed by atoms with Crippen molar-refractivity contribution in [1.29, 1.82) is 0 Å². The van der Waals surface area contributed by atoms with E-state index in [4.69, 9.17) is 16.3 Å². The summed E-state index contributed by atoms with van der Waals surface area (Å²) >= 11 is 6.09. The van der Waals surface area contributed by atoms with Crippen molar-refractivity contribution in [3.8, 4) is 5.75 Å². The number of hydrogen-bond donors (Lipinski definition) is 2. The van der Waals surface area contributed by atoms with Gasteiger partial charge in [0.2, 0.25) is 0 Å². The molecular formula is C18H18ClFN2O3. The summed E-state index contributed by atoms with van der Waals surface area (Å²) in [6.45, 7) is 2.23. The van der Waals surface area contributed by atoms with Crippen LogP contribution in [0.5, 0.6) is 5.75 Å². The van der Waals surface area contributed by atoms with E-state index in [9.17, 15) is 14.0 Å². The molecule has 2 aromatic carbocycles. The number of carbonyl (C=O) groups excluding carboxylic acids is 2. The third-order valence-electron chi connectivity index (χ3n) is 3.20. The van der Waals surface area contributed by atoms with Crippen LogP contribution < -0.4 is 15.4 Å². The maximum absolute atomic E-state index is 13.0. The first-order valence-electron chi connectivity index (χ1n) is 7.75. The van der Waals surface area contributed by atoms with Crippen molar-refractivity contribution >= 4 is 29.1 Å². The fourth-order valence-electron chi connectivity index (χ4n) is 2.01. The summed E-state index contributed by atoms with van der Waals surface area (Å²) in [6, 6.07) is 10.1. The average molecular weight is 365 g/mol. The van der Waals surface area contributed by atoms with Crippen molar-refractivity contribution < 1.29 is 18.7 Å². The van der Waals surface area contributed by atoms with E-state index in [1.165, 1.54) is 30.3 Å². The monoisotopic (exact) mass is 364 g/mol. The van der Waals surface area contributed by atoms with Gasteiger partial charge >= 0.3 is 0 Å². The number of hydrogen-bond acceptors (Lipinski definition) is 3. The molecule has 0 heterocycles. The Hall–Kier alpha value is -2.60. The summed E-state index contributed by atoms with van der Waals surface area (Å²) in [6.07, 6.45) is 0.822. The summed E-state index contributed by atoms with van der Waals surface area (Å²) in [5, 5.41) is 5.57. The lowest BCUT2D eigenvalue weighted by atomic mass is 10.2. The zero-order valence-corrected chi connectivity index (χ0v) is 14.4. The van der Waals surface area contributed by atoms with Crippen LogP contribution in [-0.2, 0) is 4.79 Å². The Labute approximate surface area is 150 Å². The largest absolute Gasteiger partial charge is 0.484 e. The predicted molar refractivity (Wildman–Crippen MR) is 94.6 cm³/mol. The van der Waals surface area contributed by atoms with E-state index in [1.807, 2.05) is 6.92 Å². The lowest BCUT2D eigenvalue weighted by Crippen LogP contribution is -2.24. The van der Waals surface area contributed by atoms with Gasteiger partial charge in [-0.25, -0.2) is 4.39 Å². The highest BCUT2D eigenvalue weighted by atomic mass is 35.5. The van der Waals surface area contributed by atoms with E-state index in [0.717, 1.165) is 6.42 Å². The molecule has 0 saturated heterocycles. The van der Waals surface area contributed by atoms with E-state index in [0.29, 0.717) is 17.8 Å². The molecule has 2 amide bonds. The fourth-order valence-corrected chi connectivity index (χ4v) is 2.28. The third-order valence-corrected chi connectivity index (χ3v) is 3.51. The molecule has 0 spiro atoms. The standard InChI is InChI=1S/C18H18ClFN2O3/c1-2-8-21-18(24)15-7-6-13(10-16(15)19)22-17(23)11-25-14-5-3-4-12(20)9-14/h3-7,9-10H,2,8,11H2,1H3,(H,21,24)(H,22,23). The van der Waals surface area contributed by atoms with Gasteiger partial charge in [0, 0.05) is 18.3 Å². The highest BCUT2D eigenvalue weighted by molar-refractivity contribution is 6.34. The van der Waals surface area contributed by atoms with Crippen molar-refractivity contribution in [2.75, 3.05) is 18.5 Å². The van der Waals surface area contributed by atoms with Crippen molar-refractivity contribution in [3.63, 3.8) is 0 Å². The average Bonchev–Trinajstić information content (AvgIpc) is 2.58. The van der Waals surface area contributed by atoms with Gasteiger partial charge in [-0.1, -0.05) is 24.6 Å². The Morgan fingerprint density at radius 3 is 2.68 bits per heavy atom. The SMILES string of the molecule is CCCNC(=O)c1ccc(NC(=O)COc2cccc(F)c2)cc1Cl. The summed E-state index contributed by atoms with van der Waals surface area (Å²) < 4.78 is 18.2. The molecule has 0 atom stereocenters. The smallest absolute Gasteiger partial charge is 0.262 e. The number of halogens is 2. The van der Waals surface area contributed by atoms with Gasteiger partial charge in [0.25, 0.3) is 11.8 Å². The minimum absolute atomic E-state index is 0.234. The van der Waals surface area contributed by atoms with Gasteiger partial charge < -0.3 is 15.4 Å². The first-order chi connectivity index (χ1) is 12.0. The Morgan fingerprint density at radius 2 is 2.00 bits per heavy atom. The highest BCUT2D eigenvalue weighted by Gasteiger charge is 2.11. The molecule has 0 saturated carbocycles. The summed E-state index contributed by atoms with van der Waals surface area (Å²) in [5.41, 5.74) is 0.772. The molecule has 0 fully saturated rings. The van der Waals surface area contributed by atoms with Crippen molar-refractivity contribution in [1.82, 2.24) is 5.32 Å². The van der Waals surface area contributed by atoms with E-state index in [2.05, 4.69) is 10.6 Å². The lowest BCUT2D eigenvalue weighted by Gasteiger charge is -2.10. The first-order valence-corrected chi connectivity index (χ1v) is 8.13. The van der Waals surface area contributed by atoms with Gasteiger partial charge in [-0.2, -0.15) is 0 Å². The Bertz CT molecular complexity index is 768. The van der Waals surface area contributed by atoms with Crippen LogP contribution in [-0.4, -0.2) is 25.0 Å². The first kappa shape index (κ1) is 18.7. The molecule has 0 aliphatic heterocycles. The number of ether oxygens (including phenoxy) is 1. The molecule has 0 aliphatic rings. The van der Waals surface area contributed by atoms with E-state index >= 15 is 0 Å². The molecule has 132 valence electrons. The molecular weight excluding hydrogens is 347 g/mol. The minimum Gasteiger partial charge on any atom is -0.484 e. The van der Waals surface area contributed by atoms with Crippen molar-refractivity contribution in [2.45, 2.75) is 13.3 Å². The minimum atomic E-state index is -0.443. The van der Waals surface area contributed by atoms with E-state index in [1.54, 1.807) is 12.1 Å². The predicted octanol–water partition coefficient (Wildman–Crippen LogP) is 3.64. The molecule has 0 unspecified atom stereocenters. The van der Waals surface area contributed by atoms with Crippen LogP contribution in [0.2, 0.25) is 5.02 Å². The zero-order valence-electron chi connectivity index (χ0n) is 13.6. The molecule has 25 heavy (non-hydrogen) atoms. The molecule has 0 bridgehead atoms. The van der Waals surface area contributed by atoms with Crippen LogP contribution in [0.25, 0.3) is 0 Å². The number of anilines is 1. The van der Waals surface area contributed by atoms with Crippen molar-refractivity contribution in [2.24, 2.45) is 0 Å². The second-order valence-electron chi connectivity index (χ2n) is 5.24. The van der Waals surface area contributed by atoms with Crippen molar-refractivity contribution in [3.05, 3.63) is 58.9 Å². The molecule has 2 N–H and O–H groups in total. The zero-order chi connectivity index (χ0) is 18.2. The van der Waals surface area contributed by atoms with Gasteiger partial charge in [-0.05, 0) is 36.8 Å². The Kier molecular flexibility index (Phi) is 6.77. The number of rotatable bonds is 7. The number of nitrogens with one attached hydrogen (secondary N) is 2. The molecule has 0 radical (unpaired) electrons. The number of amides is 2. The fraction of sp³-hybridized carbons (Fsp3) is 0.222. The van der Waals surface area contributed by atoms with Crippen LogP contribution in [0, 0.1) is 5.82 Å². The van der Waals surface area contributed by atoms with Gasteiger partial charge in [0.15, 0.2) is 6.61 Å². The van der Waals surface area contributed by atoms with Crippen LogP contribution >= 0.6 is 11.6 Å².